The average Bonchev–Trinajstić information content (AvgIpc) is 3.16. The number of likely N-dealkylation sites (N-methyl/N-ethyl adjacent to an activating group) is 1. The zero-order valence-electron chi connectivity index (χ0n) is 16.0. The summed E-state index contributed by atoms with van der Waals surface area (Å²) in [5.74, 6) is 0.146. The molecular formula is C20H24F2N4O2. The fourth-order valence-electron chi connectivity index (χ4n) is 3.09. The van der Waals surface area contributed by atoms with Crippen LogP contribution in [0.4, 0.5) is 8.78 Å². The Morgan fingerprint density at radius 3 is 2.89 bits per heavy atom. The molecule has 0 saturated carbocycles. The average molecular weight is 390 g/mol. The van der Waals surface area contributed by atoms with Crippen molar-refractivity contribution in [3.05, 3.63) is 59.1 Å². The van der Waals surface area contributed by atoms with Crippen molar-refractivity contribution < 1.29 is 18.0 Å². The Hall–Kier alpha value is -2.90. The largest absolute Gasteiger partial charge is 0.469 e. The summed E-state index contributed by atoms with van der Waals surface area (Å²) in [6, 6.07) is 5.98. The molecule has 2 aromatic rings. The molecule has 0 bridgehead atoms. The molecular weight excluding hydrogens is 366 g/mol. The summed E-state index contributed by atoms with van der Waals surface area (Å²) in [6.07, 6.45) is 2.72. The molecule has 150 valence electrons. The maximum absolute atomic E-state index is 14.0. The lowest BCUT2D eigenvalue weighted by Crippen LogP contribution is -2.45. The van der Waals surface area contributed by atoms with Gasteiger partial charge in [-0.3, -0.25) is 4.79 Å². The highest BCUT2D eigenvalue weighted by atomic mass is 19.1. The number of fused-ring (bicyclic) bond motifs is 1. The van der Waals surface area contributed by atoms with Crippen LogP contribution in [0.2, 0.25) is 0 Å². The summed E-state index contributed by atoms with van der Waals surface area (Å²) >= 11 is 0. The lowest BCUT2D eigenvalue weighted by Gasteiger charge is -2.32. The molecule has 1 aliphatic heterocycles. The molecule has 0 radical (unpaired) electrons. The van der Waals surface area contributed by atoms with E-state index in [9.17, 15) is 13.6 Å². The summed E-state index contributed by atoms with van der Waals surface area (Å²) in [4.78, 5) is 19.7. The van der Waals surface area contributed by atoms with E-state index in [1.165, 1.54) is 11.0 Å². The molecule has 2 heterocycles. The Labute approximate surface area is 162 Å². The van der Waals surface area contributed by atoms with E-state index in [1.807, 2.05) is 17.0 Å². The van der Waals surface area contributed by atoms with Crippen molar-refractivity contribution in [3.63, 3.8) is 0 Å². The van der Waals surface area contributed by atoms with E-state index in [1.54, 1.807) is 20.4 Å². The maximum atomic E-state index is 14.0. The fourth-order valence-corrected chi connectivity index (χ4v) is 3.09. The molecule has 0 spiro atoms. The van der Waals surface area contributed by atoms with Crippen LogP contribution in [0.3, 0.4) is 0 Å². The van der Waals surface area contributed by atoms with E-state index in [4.69, 9.17) is 4.42 Å². The first-order chi connectivity index (χ1) is 13.4. The monoisotopic (exact) mass is 390 g/mol. The van der Waals surface area contributed by atoms with E-state index in [-0.39, 0.29) is 12.5 Å². The number of rotatable bonds is 5. The van der Waals surface area contributed by atoms with Crippen molar-refractivity contribution in [2.24, 2.45) is 4.99 Å². The number of nitrogens with one attached hydrogen (secondary N) is 1. The standard InChI is InChI=1S/C20H24F2N4O2/c1-25(2)19(27)12-24-20(23-7-5-16-4-3-9-28-16)26-8-6-17-14(13-26)10-15(21)11-18(17)22/h3-4,9-11H,5-8,12-13H2,1-2H3,(H,23,24). The van der Waals surface area contributed by atoms with Gasteiger partial charge in [0, 0.05) is 46.2 Å². The summed E-state index contributed by atoms with van der Waals surface area (Å²) in [7, 11) is 3.34. The first-order valence-electron chi connectivity index (χ1n) is 9.16. The van der Waals surface area contributed by atoms with Crippen LogP contribution in [0.25, 0.3) is 0 Å². The van der Waals surface area contributed by atoms with Crippen molar-refractivity contribution in [3.8, 4) is 0 Å². The van der Waals surface area contributed by atoms with Crippen molar-refractivity contribution in [1.82, 2.24) is 15.1 Å². The molecule has 1 aliphatic rings. The van der Waals surface area contributed by atoms with Crippen molar-refractivity contribution >= 4 is 11.9 Å². The third kappa shape index (κ3) is 4.88. The number of hydrogen-bond acceptors (Lipinski definition) is 3. The molecule has 28 heavy (non-hydrogen) atoms. The summed E-state index contributed by atoms with van der Waals surface area (Å²) in [5, 5.41) is 3.24. The van der Waals surface area contributed by atoms with Gasteiger partial charge in [0.15, 0.2) is 5.96 Å². The van der Waals surface area contributed by atoms with Crippen molar-refractivity contribution in [2.45, 2.75) is 19.4 Å². The summed E-state index contributed by atoms with van der Waals surface area (Å²) in [5.41, 5.74) is 1.14. The Bertz CT molecular complexity index is 850. The number of carbonyl (C=O) groups excluding carboxylic acids is 1. The normalized spacial score (nSPS) is 14.0. The molecule has 1 N–H and O–H groups in total. The first-order valence-corrected chi connectivity index (χ1v) is 9.16. The number of aliphatic imine (C=N–C) groups is 1. The third-order valence-corrected chi connectivity index (χ3v) is 4.64. The smallest absolute Gasteiger partial charge is 0.243 e. The molecule has 0 fully saturated rings. The van der Waals surface area contributed by atoms with E-state index in [0.717, 1.165) is 11.8 Å². The molecule has 8 heteroatoms. The van der Waals surface area contributed by atoms with E-state index < -0.39 is 11.6 Å². The lowest BCUT2D eigenvalue weighted by atomic mass is 9.99. The van der Waals surface area contributed by atoms with Gasteiger partial charge < -0.3 is 19.5 Å². The first kappa shape index (κ1) is 19.9. The molecule has 0 unspecified atom stereocenters. The van der Waals surface area contributed by atoms with E-state index in [0.29, 0.717) is 49.6 Å². The number of benzene rings is 1. The summed E-state index contributed by atoms with van der Waals surface area (Å²) in [6.45, 7) is 1.41. The van der Waals surface area contributed by atoms with Gasteiger partial charge in [0.05, 0.1) is 6.26 Å². The number of carbonyl (C=O) groups is 1. The maximum Gasteiger partial charge on any atom is 0.243 e. The minimum absolute atomic E-state index is 0.00302. The molecule has 1 amide bonds. The van der Waals surface area contributed by atoms with Crippen molar-refractivity contribution in [1.29, 1.82) is 0 Å². The third-order valence-electron chi connectivity index (χ3n) is 4.64. The van der Waals surface area contributed by atoms with Gasteiger partial charge in [-0.25, -0.2) is 13.8 Å². The molecule has 3 rings (SSSR count). The van der Waals surface area contributed by atoms with Crippen LogP contribution in [-0.2, 0) is 24.2 Å². The van der Waals surface area contributed by atoms with Gasteiger partial charge in [-0.1, -0.05) is 0 Å². The van der Waals surface area contributed by atoms with Gasteiger partial charge >= 0.3 is 0 Å². The second-order valence-electron chi connectivity index (χ2n) is 6.88. The highest BCUT2D eigenvalue weighted by Crippen LogP contribution is 2.23. The van der Waals surface area contributed by atoms with Crippen LogP contribution in [0.1, 0.15) is 16.9 Å². The topological polar surface area (TPSA) is 61.1 Å². The van der Waals surface area contributed by atoms with E-state index >= 15 is 0 Å². The number of halogens is 2. The molecule has 0 aliphatic carbocycles. The van der Waals surface area contributed by atoms with Gasteiger partial charge in [0.1, 0.15) is 23.9 Å². The highest BCUT2D eigenvalue weighted by Gasteiger charge is 2.23. The lowest BCUT2D eigenvalue weighted by molar-refractivity contribution is -0.127. The zero-order chi connectivity index (χ0) is 20.1. The number of guanidine groups is 1. The molecule has 0 saturated heterocycles. The Kier molecular flexibility index (Phi) is 6.28. The van der Waals surface area contributed by atoms with Crippen LogP contribution in [0.5, 0.6) is 0 Å². The van der Waals surface area contributed by atoms with Gasteiger partial charge in [0.2, 0.25) is 5.91 Å². The molecule has 0 atom stereocenters. The van der Waals surface area contributed by atoms with Crippen LogP contribution in [0, 0.1) is 11.6 Å². The molecule has 1 aromatic carbocycles. The second-order valence-corrected chi connectivity index (χ2v) is 6.88. The van der Waals surface area contributed by atoms with Gasteiger partial charge in [-0.15, -0.1) is 0 Å². The van der Waals surface area contributed by atoms with Crippen LogP contribution in [0.15, 0.2) is 39.9 Å². The number of hydrogen-bond donors (Lipinski definition) is 1. The number of nitrogens with zero attached hydrogens (tertiary/aromatic N) is 3. The summed E-state index contributed by atoms with van der Waals surface area (Å²) < 4.78 is 32.9. The Balaban J connectivity index is 1.73. The van der Waals surface area contributed by atoms with Gasteiger partial charge in [0.25, 0.3) is 0 Å². The van der Waals surface area contributed by atoms with Gasteiger partial charge in [-0.05, 0) is 35.7 Å². The van der Waals surface area contributed by atoms with Crippen molar-refractivity contribution in [2.75, 3.05) is 33.7 Å². The quantitative estimate of drug-likeness (QED) is 0.628. The Morgan fingerprint density at radius 1 is 1.36 bits per heavy atom. The zero-order valence-corrected chi connectivity index (χ0v) is 16.0. The minimum atomic E-state index is -0.592. The number of furan rings is 1. The van der Waals surface area contributed by atoms with Crippen LogP contribution >= 0.6 is 0 Å². The minimum Gasteiger partial charge on any atom is -0.469 e. The SMILES string of the molecule is CN(C)C(=O)CN=C(NCCc1ccco1)N1CCc2c(F)cc(F)cc2C1. The predicted octanol–water partition coefficient (Wildman–Crippen LogP) is 2.19. The predicted molar refractivity (Wildman–Crippen MR) is 102 cm³/mol. The van der Waals surface area contributed by atoms with Crippen LogP contribution < -0.4 is 5.32 Å². The number of amides is 1. The van der Waals surface area contributed by atoms with E-state index in [2.05, 4.69) is 10.3 Å². The molecule has 6 nitrogen and oxygen atoms in total. The molecule has 1 aromatic heterocycles. The Morgan fingerprint density at radius 2 is 2.18 bits per heavy atom. The fraction of sp³-hybridized carbons (Fsp3) is 0.400. The van der Waals surface area contributed by atoms with Gasteiger partial charge in [-0.2, -0.15) is 0 Å². The van der Waals surface area contributed by atoms with Crippen LogP contribution in [-0.4, -0.2) is 55.4 Å². The highest BCUT2D eigenvalue weighted by molar-refractivity contribution is 5.85. The second kappa shape index (κ2) is 8.86.